The van der Waals surface area contributed by atoms with E-state index in [0.717, 1.165) is 34.1 Å². The Hall–Kier alpha value is -2.26. The maximum atomic E-state index is 10.6. The van der Waals surface area contributed by atoms with Crippen LogP contribution in [0.2, 0.25) is 0 Å². The zero-order valence-corrected chi connectivity index (χ0v) is 14.8. The SMILES string of the molecule is O=C(O)C(F)(F)F.Oc1cc2c(cc1O)C(c1ccccc1Br)NCC2. The van der Waals surface area contributed by atoms with Gasteiger partial charge in [-0.15, -0.1) is 0 Å². The van der Waals surface area contributed by atoms with Crippen molar-refractivity contribution < 1.29 is 33.3 Å². The summed E-state index contributed by atoms with van der Waals surface area (Å²) in [5.74, 6) is -2.88. The van der Waals surface area contributed by atoms with Crippen LogP contribution in [0.5, 0.6) is 11.5 Å². The number of carboxylic acid groups (broad SMARTS) is 1. The Labute approximate surface area is 155 Å². The number of phenolic OH excluding ortho intramolecular Hbond substituents is 2. The number of alkyl halides is 3. The van der Waals surface area contributed by atoms with E-state index in [-0.39, 0.29) is 17.5 Å². The first-order chi connectivity index (χ1) is 12.1. The number of carboxylic acids is 1. The van der Waals surface area contributed by atoms with E-state index in [1.807, 2.05) is 18.2 Å². The van der Waals surface area contributed by atoms with Crippen molar-refractivity contribution in [3.8, 4) is 11.5 Å². The molecule has 1 unspecified atom stereocenters. The number of nitrogens with one attached hydrogen (secondary N) is 1. The lowest BCUT2D eigenvalue weighted by Gasteiger charge is -2.28. The Morgan fingerprint density at radius 1 is 1.12 bits per heavy atom. The average Bonchev–Trinajstić information content (AvgIpc) is 2.56. The molecule has 0 aliphatic carbocycles. The molecule has 1 atom stereocenters. The molecule has 0 bridgehead atoms. The fourth-order valence-electron chi connectivity index (χ4n) is 2.57. The van der Waals surface area contributed by atoms with Crippen molar-refractivity contribution in [2.24, 2.45) is 0 Å². The first-order valence-corrected chi connectivity index (χ1v) is 8.23. The zero-order valence-electron chi connectivity index (χ0n) is 13.2. The summed E-state index contributed by atoms with van der Waals surface area (Å²) >= 11 is 3.56. The summed E-state index contributed by atoms with van der Waals surface area (Å²) in [6.07, 6.45) is -4.23. The number of phenols is 2. The third kappa shape index (κ3) is 4.67. The van der Waals surface area contributed by atoms with Crippen molar-refractivity contribution in [3.63, 3.8) is 0 Å². The third-order valence-corrected chi connectivity index (χ3v) is 4.47. The van der Waals surface area contributed by atoms with Gasteiger partial charge in [0.25, 0.3) is 0 Å². The minimum atomic E-state index is -5.08. The van der Waals surface area contributed by atoms with Gasteiger partial charge < -0.3 is 20.6 Å². The highest BCUT2D eigenvalue weighted by molar-refractivity contribution is 9.10. The van der Waals surface area contributed by atoms with E-state index in [1.165, 1.54) is 0 Å². The molecule has 1 heterocycles. The van der Waals surface area contributed by atoms with Crippen LogP contribution in [0.25, 0.3) is 0 Å². The second-order valence-electron chi connectivity index (χ2n) is 5.50. The summed E-state index contributed by atoms with van der Waals surface area (Å²) in [5.41, 5.74) is 3.23. The van der Waals surface area contributed by atoms with Gasteiger partial charge in [-0.2, -0.15) is 13.2 Å². The quantitative estimate of drug-likeness (QED) is 0.514. The Bertz CT molecular complexity index is 811. The summed E-state index contributed by atoms with van der Waals surface area (Å²) in [7, 11) is 0. The van der Waals surface area contributed by atoms with Crippen LogP contribution in [0.3, 0.4) is 0 Å². The molecule has 2 aromatic carbocycles. The molecule has 0 amide bonds. The number of halogens is 4. The van der Waals surface area contributed by atoms with Gasteiger partial charge in [-0.25, -0.2) is 4.79 Å². The van der Waals surface area contributed by atoms with Gasteiger partial charge in [-0.3, -0.25) is 0 Å². The minimum absolute atomic E-state index is 0.0332. The van der Waals surface area contributed by atoms with Gasteiger partial charge in [-0.05, 0) is 41.3 Å². The van der Waals surface area contributed by atoms with Gasteiger partial charge >= 0.3 is 12.1 Å². The molecule has 0 spiro atoms. The zero-order chi connectivity index (χ0) is 19.5. The number of benzene rings is 2. The molecule has 0 fully saturated rings. The lowest BCUT2D eigenvalue weighted by atomic mass is 9.89. The smallest absolute Gasteiger partial charge is 0.490 e. The molecule has 1 aliphatic rings. The lowest BCUT2D eigenvalue weighted by Crippen LogP contribution is -2.30. The van der Waals surface area contributed by atoms with Crippen LogP contribution in [0.4, 0.5) is 13.2 Å². The topological polar surface area (TPSA) is 89.8 Å². The lowest BCUT2D eigenvalue weighted by molar-refractivity contribution is -0.192. The van der Waals surface area contributed by atoms with E-state index in [1.54, 1.807) is 12.1 Å². The van der Waals surface area contributed by atoms with Crippen LogP contribution < -0.4 is 5.32 Å². The Morgan fingerprint density at radius 3 is 2.27 bits per heavy atom. The standard InChI is InChI=1S/C15H14BrNO2.C2HF3O2/c16-12-4-2-1-3-10(12)15-11-8-14(19)13(18)7-9(11)5-6-17-15;3-2(4,5)1(6)7/h1-4,7-8,15,17-19H,5-6H2;(H,6,7). The highest BCUT2D eigenvalue weighted by atomic mass is 79.9. The predicted octanol–water partition coefficient (Wildman–Crippen LogP) is 3.73. The van der Waals surface area contributed by atoms with Crippen molar-refractivity contribution in [3.05, 3.63) is 57.6 Å². The summed E-state index contributed by atoms with van der Waals surface area (Å²) in [6, 6.07) is 11.4. The molecule has 0 aromatic heterocycles. The number of aromatic hydroxyl groups is 2. The molecular formula is C17H15BrF3NO4. The highest BCUT2D eigenvalue weighted by Gasteiger charge is 2.38. The van der Waals surface area contributed by atoms with Crippen LogP contribution >= 0.6 is 15.9 Å². The van der Waals surface area contributed by atoms with E-state index < -0.39 is 12.1 Å². The summed E-state index contributed by atoms with van der Waals surface area (Å²) < 4.78 is 32.8. The number of fused-ring (bicyclic) bond motifs is 1. The molecule has 9 heteroatoms. The van der Waals surface area contributed by atoms with Crippen molar-refractivity contribution in [1.29, 1.82) is 0 Å². The van der Waals surface area contributed by atoms with Crippen LogP contribution in [0, 0.1) is 0 Å². The van der Waals surface area contributed by atoms with E-state index >= 15 is 0 Å². The Morgan fingerprint density at radius 2 is 1.69 bits per heavy atom. The van der Waals surface area contributed by atoms with Crippen molar-refractivity contribution in [2.75, 3.05) is 6.54 Å². The maximum absolute atomic E-state index is 10.6. The summed E-state index contributed by atoms with van der Waals surface area (Å²) in [5, 5.41) is 29.9. The fourth-order valence-corrected chi connectivity index (χ4v) is 3.08. The van der Waals surface area contributed by atoms with E-state index in [9.17, 15) is 23.4 Å². The van der Waals surface area contributed by atoms with Crippen LogP contribution in [-0.2, 0) is 11.2 Å². The second kappa shape index (κ2) is 7.96. The molecule has 4 N–H and O–H groups in total. The van der Waals surface area contributed by atoms with Crippen molar-refractivity contribution in [2.45, 2.75) is 18.6 Å². The number of carbonyl (C=O) groups is 1. The molecule has 140 valence electrons. The van der Waals surface area contributed by atoms with E-state index in [4.69, 9.17) is 9.90 Å². The third-order valence-electron chi connectivity index (χ3n) is 3.75. The maximum Gasteiger partial charge on any atom is 0.490 e. The molecular weight excluding hydrogens is 419 g/mol. The molecule has 1 aliphatic heterocycles. The van der Waals surface area contributed by atoms with Gasteiger partial charge in [-0.1, -0.05) is 34.1 Å². The molecule has 26 heavy (non-hydrogen) atoms. The fraction of sp³-hybridized carbons (Fsp3) is 0.235. The molecule has 0 saturated heterocycles. The van der Waals surface area contributed by atoms with Crippen LogP contribution in [0.15, 0.2) is 40.9 Å². The van der Waals surface area contributed by atoms with Crippen molar-refractivity contribution in [1.82, 2.24) is 5.32 Å². The minimum Gasteiger partial charge on any atom is -0.504 e. The molecule has 0 saturated carbocycles. The van der Waals surface area contributed by atoms with Crippen LogP contribution in [-0.4, -0.2) is 34.0 Å². The molecule has 3 rings (SSSR count). The number of rotatable bonds is 1. The van der Waals surface area contributed by atoms with Gasteiger partial charge in [0.05, 0.1) is 6.04 Å². The first-order valence-electron chi connectivity index (χ1n) is 7.44. The normalized spacial score (nSPS) is 16.2. The Kier molecular flexibility index (Phi) is 6.14. The van der Waals surface area contributed by atoms with Gasteiger partial charge in [0.15, 0.2) is 11.5 Å². The van der Waals surface area contributed by atoms with Crippen molar-refractivity contribution >= 4 is 21.9 Å². The number of aliphatic carboxylic acids is 1. The monoisotopic (exact) mass is 433 g/mol. The Balaban J connectivity index is 0.000000298. The molecule has 0 radical (unpaired) electrons. The van der Waals surface area contributed by atoms with Crippen LogP contribution in [0.1, 0.15) is 22.7 Å². The largest absolute Gasteiger partial charge is 0.504 e. The van der Waals surface area contributed by atoms with E-state index in [0.29, 0.717) is 0 Å². The number of hydrogen-bond acceptors (Lipinski definition) is 4. The predicted molar refractivity (Wildman–Crippen MR) is 91.2 cm³/mol. The summed E-state index contributed by atoms with van der Waals surface area (Å²) in [4.78, 5) is 8.90. The molecule has 2 aromatic rings. The van der Waals surface area contributed by atoms with Gasteiger partial charge in [0.2, 0.25) is 0 Å². The highest BCUT2D eigenvalue weighted by Crippen LogP contribution is 2.37. The van der Waals surface area contributed by atoms with Gasteiger partial charge in [0.1, 0.15) is 0 Å². The van der Waals surface area contributed by atoms with E-state index in [2.05, 4.69) is 27.3 Å². The second-order valence-corrected chi connectivity index (χ2v) is 6.36. The summed E-state index contributed by atoms with van der Waals surface area (Å²) in [6.45, 7) is 0.850. The van der Waals surface area contributed by atoms with Gasteiger partial charge in [0, 0.05) is 11.0 Å². The molecule has 5 nitrogen and oxygen atoms in total. The first kappa shape index (κ1) is 20.1. The number of hydrogen-bond donors (Lipinski definition) is 4. The average molecular weight is 434 g/mol.